The third-order valence-corrected chi connectivity index (χ3v) is 3.71. The number of nitrogens with two attached hydrogens (primary N) is 1. The number of amidine groups is 1. The van der Waals surface area contributed by atoms with E-state index in [-0.39, 0.29) is 23.1 Å². The lowest BCUT2D eigenvalue weighted by atomic mass is 10.2. The van der Waals surface area contributed by atoms with E-state index in [0.29, 0.717) is 18.9 Å². The number of aromatic nitrogens is 1. The van der Waals surface area contributed by atoms with Crippen molar-refractivity contribution in [3.63, 3.8) is 0 Å². The average molecular weight is 294 g/mol. The lowest BCUT2D eigenvalue weighted by Crippen LogP contribution is -2.50. The van der Waals surface area contributed by atoms with Gasteiger partial charge in [0.2, 0.25) is 5.82 Å². The Balaban J connectivity index is 2.37. The minimum Gasteiger partial charge on any atom is -0.409 e. The standard InChI is InChI=1S/C12H18N6O3/c1-8-7-17(4-3-16(8)2)12-10(18(20)21)5-9(6-14-12)11(13)15-19/h5-6,8,19H,3-4,7H2,1-2H3,(H2,13,15). The molecule has 0 spiro atoms. The number of oxime groups is 1. The summed E-state index contributed by atoms with van der Waals surface area (Å²) in [6, 6.07) is 1.56. The molecule has 21 heavy (non-hydrogen) atoms. The quantitative estimate of drug-likeness (QED) is 0.269. The molecule has 0 bridgehead atoms. The number of hydrogen-bond acceptors (Lipinski definition) is 7. The first-order chi connectivity index (χ1) is 9.93. The topological polar surface area (TPSA) is 121 Å². The molecule has 9 nitrogen and oxygen atoms in total. The van der Waals surface area contributed by atoms with Crippen LogP contribution in [0.5, 0.6) is 0 Å². The van der Waals surface area contributed by atoms with Crippen LogP contribution < -0.4 is 10.6 Å². The Morgan fingerprint density at radius 1 is 1.62 bits per heavy atom. The number of nitrogens with zero attached hydrogens (tertiary/aromatic N) is 5. The van der Waals surface area contributed by atoms with Gasteiger partial charge in [-0.2, -0.15) is 0 Å². The molecule has 0 amide bonds. The van der Waals surface area contributed by atoms with Gasteiger partial charge < -0.3 is 20.7 Å². The summed E-state index contributed by atoms with van der Waals surface area (Å²) in [6.07, 6.45) is 1.38. The largest absolute Gasteiger partial charge is 0.409 e. The third kappa shape index (κ3) is 3.02. The first kappa shape index (κ1) is 15.0. The van der Waals surface area contributed by atoms with Crippen molar-refractivity contribution in [2.45, 2.75) is 13.0 Å². The maximum Gasteiger partial charge on any atom is 0.312 e. The van der Waals surface area contributed by atoms with E-state index in [4.69, 9.17) is 10.9 Å². The Labute approximate surface area is 121 Å². The third-order valence-electron chi connectivity index (χ3n) is 3.71. The van der Waals surface area contributed by atoms with Crippen molar-refractivity contribution in [2.75, 3.05) is 31.6 Å². The highest BCUT2D eigenvalue weighted by Crippen LogP contribution is 2.28. The maximum atomic E-state index is 11.3. The van der Waals surface area contributed by atoms with Crippen LogP contribution in [-0.4, -0.2) is 58.6 Å². The van der Waals surface area contributed by atoms with Crippen LogP contribution in [0.4, 0.5) is 11.5 Å². The summed E-state index contributed by atoms with van der Waals surface area (Å²) in [7, 11) is 2.02. The summed E-state index contributed by atoms with van der Waals surface area (Å²) in [5, 5.41) is 22.7. The second-order valence-electron chi connectivity index (χ2n) is 5.08. The molecule has 1 fully saturated rings. The monoisotopic (exact) mass is 294 g/mol. The summed E-state index contributed by atoms with van der Waals surface area (Å²) < 4.78 is 0. The van der Waals surface area contributed by atoms with Crippen LogP contribution in [-0.2, 0) is 0 Å². The van der Waals surface area contributed by atoms with Crippen molar-refractivity contribution in [1.29, 1.82) is 0 Å². The minimum atomic E-state index is -0.501. The predicted molar refractivity (Wildman–Crippen MR) is 77.7 cm³/mol. The number of rotatable bonds is 3. The van der Waals surface area contributed by atoms with Crippen molar-refractivity contribution >= 4 is 17.3 Å². The van der Waals surface area contributed by atoms with Gasteiger partial charge in [-0.05, 0) is 14.0 Å². The highest BCUT2D eigenvalue weighted by molar-refractivity contribution is 5.97. The van der Waals surface area contributed by atoms with Crippen LogP contribution in [0.15, 0.2) is 17.4 Å². The van der Waals surface area contributed by atoms with Crippen LogP contribution in [0.1, 0.15) is 12.5 Å². The molecule has 1 aromatic rings. The lowest BCUT2D eigenvalue weighted by molar-refractivity contribution is -0.384. The molecule has 1 aliphatic heterocycles. The minimum absolute atomic E-state index is 0.143. The number of pyridine rings is 1. The fraction of sp³-hybridized carbons (Fsp3) is 0.500. The van der Waals surface area contributed by atoms with Gasteiger partial charge in [0.15, 0.2) is 5.84 Å². The van der Waals surface area contributed by atoms with Crippen LogP contribution >= 0.6 is 0 Å². The maximum absolute atomic E-state index is 11.3. The molecule has 2 heterocycles. The lowest BCUT2D eigenvalue weighted by Gasteiger charge is -2.38. The Morgan fingerprint density at radius 3 is 2.90 bits per heavy atom. The van der Waals surface area contributed by atoms with E-state index in [1.54, 1.807) is 0 Å². The molecule has 9 heteroatoms. The fourth-order valence-electron chi connectivity index (χ4n) is 2.26. The number of hydrogen-bond donors (Lipinski definition) is 2. The van der Waals surface area contributed by atoms with Crippen LogP contribution in [0.3, 0.4) is 0 Å². The molecule has 114 valence electrons. The Hall–Kier alpha value is -2.42. The van der Waals surface area contributed by atoms with Gasteiger partial charge in [-0.15, -0.1) is 0 Å². The van der Waals surface area contributed by atoms with Crippen molar-refractivity contribution in [1.82, 2.24) is 9.88 Å². The summed E-state index contributed by atoms with van der Waals surface area (Å²) >= 11 is 0. The number of piperazine rings is 1. The van der Waals surface area contributed by atoms with Crippen molar-refractivity contribution < 1.29 is 10.1 Å². The predicted octanol–water partition coefficient (Wildman–Crippen LogP) is 0.225. The van der Waals surface area contributed by atoms with E-state index in [9.17, 15) is 10.1 Å². The van der Waals surface area contributed by atoms with E-state index in [0.717, 1.165) is 6.54 Å². The van der Waals surface area contributed by atoms with Gasteiger partial charge in [0.25, 0.3) is 0 Å². The molecular weight excluding hydrogens is 276 g/mol. The molecule has 0 aromatic carbocycles. The van der Waals surface area contributed by atoms with Gasteiger partial charge in [-0.3, -0.25) is 10.1 Å². The number of anilines is 1. The average Bonchev–Trinajstić information content (AvgIpc) is 2.48. The highest BCUT2D eigenvalue weighted by Gasteiger charge is 2.28. The van der Waals surface area contributed by atoms with E-state index < -0.39 is 4.92 Å². The zero-order valence-corrected chi connectivity index (χ0v) is 11.9. The Kier molecular flexibility index (Phi) is 4.22. The molecule has 1 saturated heterocycles. The summed E-state index contributed by atoms with van der Waals surface area (Å²) in [6.45, 7) is 4.19. The molecular formula is C12H18N6O3. The molecule has 1 aromatic heterocycles. The summed E-state index contributed by atoms with van der Waals surface area (Å²) in [5.74, 6) is 0.110. The second-order valence-corrected chi connectivity index (χ2v) is 5.08. The van der Waals surface area contributed by atoms with Gasteiger partial charge in [-0.1, -0.05) is 5.16 Å². The SMILES string of the molecule is CC1CN(c2ncc(C(N)=NO)cc2[N+](=O)[O-])CCN1C. The van der Waals surface area contributed by atoms with E-state index in [2.05, 4.69) is 22.0 Å². The molecule has 0 radical (unpaired) electrons. The zero-order valence-electron chi connectivity index (χ0n) is 11.9. The van der Waals surface area contributed by atoms with Crippen LogP contribution in [0.2, 0.25) is 0 Å². The molecule has 1 aliphatic rings. The molecule has 0 aliphatic carbocycles. The molecule has 1 unspecified atom stereocenters. The Bertz CT molecular complexity index is 576. The van der Waals surface area contributed by atoms with Crippen LogP contribution in [0, 0.1) is 10.1 Å². The van der Waals surface area contributed by atoms with Gasteiger partial charge in [0, 0.05) is 43.5 Å². The summed E-state index contributed by atoms with van der Waals surface area (Å²) in [5.41, 5.74) is 5.52. The zero-order chi connectivity index (χ0) is 15.6. The summed E-state index contributed by atoms with van der Waals surface area (Å²) in [4.78, 5) is 19.0. The molecule has 1 atom stereocenters. The number of likely N-dealkylation sites (N-methyl/N-ethyl adjacent to an activating group) is 1. The van der Waals surface area contributed by atoms with Crippen molar-refractivity contribution in [3.05, 3.63) is 27.9 Å². The van der Waals surface area contributed by atoms with Gasteiger partial charge in [-0.25, -0.2) is 4.98 Å². The number of nitro groups is 1. The molecule has 2 rings (SSSR count). The highest BCUT2D eigenvalue weighted by atomic mass is 16.6. The normalized spacial score (nSPS) is 20.6. The van der Waals surface area contributed by atoms with Gasteiger partial charge >= 0.3 is 5.69 Å². The molecule has 3 N–H and O–H groups in total. The fourth-order valence-corrected chi connectivity index (χ4v) is 2.26. The van der Waals surface area contributed by atoms with Gasteiger partial charge in [0.05, 0.1) is 4.92 Å². The second kappa shape index (κ2) is 5.92. The van der Waals surface area contributed by atoms with E-state index in [1.165, 1.54) is 12.3 Å². The van der Waals surface area contributed by atoms with Crippen LogP contribution in [0.25, 0.3) is 0 Å². The molecule has 0 saturated carbocycles. The van der Waals surface area contributed by atoms with E-state index >= 15 is 0 Å². The van der Waals surface area contributed by atoms with Gasteiger partial charge in [0.1, 0.15) is 0 Å². The first-order valence-electron chi connectivity index (χ1n) is 6.51. The first-order valence-corrected chi connectivity index (χ1v) is 6.51. The van der Waals surface area contributed by atoms with E-state index in [1.807, 2.05) is 11.9 Å². The van der Waals surface area contributed by atoms with Crippen molar-refractivity contribution in [2.24, 2.45) is 10.9 Å². The van der Waals surface area contributed by atoms with Crippen molar-refractivity contribution in [3.8, 4) is 0 Å². The smallest absolute Gasteiger partial charge is 0.312 e. The Morgan fingerprint density at radius 2 is 2.33 bits per heavy atom.